The summed E-state index contributed by atoms with van der Waals surface area (Å²) >= 11 is 0. The molecule has 1 heterocycles. The molecule has 0 fully saturated rings. The SMILES string of the molecule is CCCCC[C]1N=CC=CN1. The zero-order valence-corrected chi connectivity index (χ0v) is 7.01. The monoisotopic (exact) mass is 151 g/mol. The number of aliphatic imine (C=N–C) groups is 1. The third kappa shape index (κ3) is 3.21. The van der Waals surface area contributed by atoms with Crippen molar-refractivity contribution < 1.29 is 0 Å². The van der Waals surface area contributed by atoms with Crippen LogP contribution in [0.4, 0.5) is 0 Å². The topological polar surface area (TPSA) is 24.4 Å². The van der Waals surface area contributed by atoms with Crippen molar-refractivity contribution in [2.45, 2.75) is 32.6 Å². The Labute approximate surface area is 68.4 Å². The highest BCUT2D eigenvalue weighted by atomic mass is 15.1. The third-order valence-electron chi connectivity index (χ3n) is 1.68. The van der Waals surface area contributed by atoms with Crippen molar-refractivity contribution in [3.8, 4) is 0 Å². The fraction of sp³-hybridized carbons (Fsp3) is 0.556. The van der Waals surface area contributed by atoms with E-state index >= 15 is 0 Å². The molecule has 1 aliphatic heterocycles. The van der Waals surface area contributed by atoms with E-state index in [1.54, 1.807) is 0 Å². The van der Waals surface area contributed by atoms with Crippen molar-refractivity contribution >= 4 is 6.21 Å². The zero-order chi connectivity index (χ0) is 7.94. The molecule has 61 valence electrons. The highest BCUT2D eigenvalue weighted by molar-refractivity contribution is 5.72. The Balaban J connectivity index is 2.07. The second-order valence-corrected chi connectivity index (χ2v) is 2.69. The Morgan fingerprint density at radius 1 is 1.45 bits per heavy atom. The van der Waals surface area contributed by atoms with Crippen molar-refractivity contribution in [2.75, 3.05) is 0 Å². The number of hydrogen-bond donors (Lipinski definition) is 1. The standard InChI is InChI=1S/C9H15N2/c1-2-3-4-6-9-10-7-5-8-11-9/h5,7-8,10H,2-4,6H2,1H3. The molecule has 0 amide bonds. The van der Waals surface area contributed by atoms with Gasteiger partial charge in [0.2, 0.25) is 0 Å². The summed E-state index contributed by atoms with van der Waals surface area (Å²) in [6, 6.07) is 0. The molecule has 0 aromatic carbocycles. The fourth-order valence-electron chi connectivity index (χ4n) is 1.04. The first-order valence-corrected chi connectivity index (χ1v) is 4.25. The molecule has 0 saturated heterocycles. The van der Waals surface area contributed by atoms with Gasteiger partial charge in [0, 0.05) is 6.21 Å². The molecule has 0 aliphatic carbocycles. The minimum Gasteiger partial charge on any atom is -0.364 e. The summed E-state index contributed by atoms with van der Waals surface area (Å²) < 4.78 is 0. The van der Waals surface area contributed by atoms with Crippen LogP contribution in [0.15, 0.2) is 17.3 Å². The second-order valence-electron chi connectivity index (χ2n) is 2.69. The molecular weight excluding hydrogens is 136 g/mol. The van der Waals surface area contributed by atoms with Gasteiger partial charge in [-0.05, 0) is 25.1 Å². The molecule has 1 radical (unpaired) electrons. The molecule has 0 atom stereocenters. The Morgan fingerprint density at radius 2 is 2.36 bits per heavy atom. The van der Waals surface area contributed by atoms with Gasteiger partial charge in [-0.1, -0.05) is 19.8 Å². The van der Waals surface area contributed by atoms with E-state index in [9.17, 15) is 0 Å². The lowest BCUT2D eigenvalue weighted by Crippen LogP contribution is -2.15. The van der Waals surface area contributed by atoms with Crippen LogP contribution in [0.1, 0.15) is 32.6 Å². The molecule has 11 heavy (non-hydrogen) atoms. The van der Waals surface area contributed by atoms with Crippen molar-refractivity contribution in [2.24, 2.45) is 4.99 Å². The molecule has 1 N–H and O–H groups in total. The van der Waals surface area contributed by atoms with E-state index in [4.69, 9.17) is 0 Å². The number of rotatable bonds is 4. The van der Waals surface area contributed by atoms with Crippen molar-refractivity contribution in [3.63, 3.8) is 0 Å². The Kier molecular flexibility index (Phi) is 3.73. The highest BCUT2D eigenvalue weighted by Gasteiger charge is 2.04. The van der Waals surface area contributed by atoms with E-state index in [0.29, 0.717) is 0 Å². The maximum atomic E-state index is 4.19. The molecule has 2 nitrogen and oxygen atoms in total. The predicted octanol–water partition coefficient (Wildman–Crippen LogP) is 2.24. The highest BCUT2D eigenvalue weighted by Crippen LogP contribution is 2.11. The van der Waals surface area contributed by atoms with E-state index < -0.39 is 0 Å². The first-order valence-electron chi connectivity index (χ1n) is 4.25. The van der Waals surface area contributed by atoms with E-state index in [1.165, 1.54) is 19.3 Å². The fourth-order valence-corrected chi connectivity index (χ4v) is 1.04. The van der Waals surface area contributed by atoms with Crippen LogP contribution in [-0.2, 0) is 0 Å². The van der Waals surface area contributed by atoms with Gasteiger partial charge < -0.3 is 5.32 Å². The summed E-state index contributed by atoms with van der Waals surface area (Å²) in [5.41, 5.74) is 0. The van der Waals surface area contributed by atoms with Crippen LogP contribution < -0.4 is 5.32 Å². The quantitative estimate of drug-likeness (QED) is 0.612. The summed E-state index contributed by atoms with van der Waals surface area (Å²) in [4.78, 5) is 4.19. The van der Waals surface area contributed by atoms with Gasteiger partial charge in [-0.2, -0.15) is 0 Å². The van der Waals surface area contributed by atoms with E-state index in [-0.39, 0.29) is 0 Å². The van der Waals surface area contributed by atoms with Crippen LogP contribution >= 0.6 is 0 Å². The molecule has 2 heteroatoms. The van der Waals surface area contributed by atoms with Gasteiger partial charge in [0.1, 0.15) is 0 Å². The Hall–Kier alpha value is -0.790. The van der Waals surface area contributed by atoms with Crippen molar-refractivity contribution in [3.05, 3.63) is 18.4 Å². The molecule has 0 saturated carbocycles. The molecule has 0 aromatic heterocycles. The minimum absolute atomic E-state index is 1.08. The predicted molar refractivity (Wildman–Crippen MR) is 48.2 cm³/mol. The molecule has 0 spiro atoms. The summed E-state index contributed by atoms with van der Waals surface area (Å²) in [6.45, 7) is 2.21. The lowest BCUT2D eigenvalue weighted by molar-refractivity contribution is 0.628. The summed E-state index contributed by atoms with van der Waals surface area (Å²) in [5, 5.41) is 3.12. The van der Waals surface area contributed by atoms with Crippen LogP contribution in [0.2, 0.25) is 0 Å². The molecule has 0 unspecified atom stereocenters. The summed E-state index contributed by atoms with van der Waals surface area (Å²) in [6.07, 6.45) is 11.6. The smallest absolute Gasteiger partial charge is 0.172 e. The van der Waals surface area contributed by atoms with Crippen LogP contribution in [0.3, 0.4) is 0 Å². The summed E-state index contributed by atoms with van der Waals surface area (Å²) in [7, 11) is 0. The number of allylic oxidation sites excluding steroid dienone is 1. The van der Waals surface area contributed by atoms with Crippen molar-refractivity contribution in [1.29, 1.82) is 0 Å². The average molecular weight is 151 g/mol. The molecule has 1 rings (SSSR count). The van der Waals surface area contributed by atoms with E-state index in [2.05, 4.69) is 17.2 Å². The molecular formula is C9H15N2. The first-order chi connectivity index (χ1) is 5.43. The minimum atomic E-state index is 1.08. The third-order valence-corrected chi connectivity index (χ3v) is 1.68. The van der Waals surface area contributed by atoms with Gasteiger partial charge in [0.05, 0.1) is 0 Å². The van der Waals surface area contributed by atoms with Crippen LogP contribution in [-0.4, -0.2) is 6.21 Å². The van der Waals surface area contributed by atoms with Crippen molar-refractivity contribution in [1.82, 2.24) is 5.32 Å². The Morgan fingerprint density at radius 3 is 3.00 bits per heavy atom. The number of nitrogens with zero attached hydrogens (tertiary/aromatic N) is 1. The van der Waals surface area contributed by atoms with Gasteiger partial charge in [-0.15, -0.1) is 0 Å². The van der Waals surface area contributed by atoms with E-state index in [0.717, 1.165) is 12.6 Å². The molecule has 0 bridgehead atoms. The largest absolute Gasteiger partial charge is 0.364 e. The van der Waals surface area contributed by atoms with Gasteiger partial charge in [0.25, 0.3) is 0 Å². The van der Waals surface area contributed by atoms with Gasteiger partial charge >= 0.3 is 0 Å². The van der Waals surface area contributed by atoms with Gasteiger partial charge in [-0.25, -0.2) is 0 Å². The van der Waals surface area contributed by atoms with Gasteiger partial charge in [-0.3, -0.25) is 4.99 Å². The van der Waals surface area contributed by atoms with Crippen LogP contribution in [0.25, 0.3) is 0 Å². The second kappa shape index (κ2) is 4.94. The summed E-state index contributed by atoms with van der Waals surface area (Å²) in [5.74, 6) is 0. The lowest BCUT2D eigenvalue weighted by Gasteiger charge is -2.12. The lowest BCUT2D eigenvalue weighted by atomic mass is 10.2. The Bertz CT molecular complexity index is 150. The maximum Gasteiger partial charge on any atom is 0.172 e. The molecule has 0 aromatic rings. The maximum absolute atomic E-state index is 4.19. The molecule has 1 aliphatic rings. The first kappa shape index (κ1) is 8.31. The van der Waals surface area contributed by atoms with Crippen LogP contribution in [0.5, 0.6) is 0 Å². The van der Waals surface area contributed by atoms with Crippen LogP contribution in [0, 0.1) is 6.17 Å². The number of unbranched alkanes of at least 4 members (excludes halogenated alkanes) is 2. The average Bonchev–Trinajstić information content (AvgIpc) is 2.07. The van der Waals surface area contributed by atoms with Gasteiger partial charge in [0.15, 0.2) is 6.17 Å². The normalized spacial score (nSPS) is 16.8. The zero-order valence-electron chi connectivity index (χ0n) is 7.01. The van der Waals surface area contributed by atoms with E-state index in [1.807, 2.05) is 18.5 Å². The number of hydrogen-bond acceptors (Lipinski definition) is 2. The number of nitrogens with one attached hydrogen (secondary N) is 1.